The zero-order valence-corrected chi connectivity index (χ0v) is 22.8. The van der Waals surface area contributed by atoms with Gasteiger partial charge in [-0.3, -0.25) is 0 Å². The highest BCUT2D eigenvalue weighted by molar-refractivity contribution is 6.09. The smallest absolute Gasteiger partial charge is 0.119 e. The van der Waals surface area contributed by atoms with Gasteiger partial charge in [-0.2, -0.15) is 0 Å². The number of hydrogen-bond donors (Lipinski definition) is 2. The Morgan fingerprint density at radius 3 is 2.03 bits per heavy atom. The van der Waals surface area contributed by atoms with Crippen LogP contribution in [0.4, 0.5) is 0 Å². The monoisotopic (exact) mass is 519 g/mol. The Kier molecular flexibility index (Phi) is 8.77. The van der Waals surface area contributed by atoms with E-state index in [2.05, 4.69) is 91.1 Å². The lowest BCUT2D eigenvalue weighted by atomic mass is 9.81. The van der Waals surface area contributed by atoms with Gasteiger partial charge in [-0.05, 0) is 94.5 Å². The second-order valence-electron chi connectivity index (χ2n) is 9.97. The highest BCUT2D eigenvalue weighted by Gasteiger charge is 2.21. The molecule has 0 saturated carbocycles. The number of aliphatic hydroxyl groups is 1. The van der Waals surface area contributed by atoms with Gasteiger partial charge in [0, 0.05) is 5.92 Å². The van der Waals surface area contributed by atoms with Crippen LogP contribution in [0, 0.1) is 0 Å². The third kappa shape index (κ3) is 6.25. The number of benzene rings is 5. The lowest BCUT2D eigenvalue weighted by molar-refractivity contribution is 0.0982. The molecular formula is C35H37NO3. The molecular weight excluding hydrogens is 482 g/mol. The zero-order valence-electron chi connectivity index (χ0n) is 22.8. The van der Waals surface area contributed by atoms with Gasteiger partial charge in [-0.25, -0.2) is 0 Å². The molecule has 39 heavy (non-hydrogen) atoms. The van der Waals surface area contributed by atoms with Gasteiger partial charge in [0.25, 0.3) is 0 Å². The molecule has 0 saturated heterocycles. The van der Waals surface area contributed by atoms with Crippen LogP contribution in [-0.4, -0.2) is 38.0 Å². The molecule has 5 rings (SSSR count). The second kappa shape index (κ2) is 12.8. The van der Waals surface area contributed by atoms with Gasteiger partial charge in [-0.15, -0.1) is 0 Å². The van der Waals surface area contributed by atoms with Crippen LogP contribution >= 0.6 is 0 Å². The van der Waals surface area contributed by atoms with Crippen molar-refractivity contribution in [1.82, 2.24) is 5.32 Å². The second-order valence-corrected chi connectivity index (χ2v) is 9.97. The van der Waals surface area contributed by atoms with Gasteiger partial charge in [0.05, 0.1) is 13.2 Å². The maximum atomic E-state index is 10.3. The van der Waals surface area contributed by atoms with E-state index in [0.29, 0.717) is 6.61 Å². The number of aliphatic hydroxyl groups excluding tert-OH is 1. The topological polar surface area (TPSA) is 50.7 Å². The fourth-order valence-corrected chi connectivity index (χ4v) is 5.34. The van der Waals surface area contributed by atoms with Crippen LogP contribution in [0.2, 0.25) is 0 Å². The van der Waals surface area contributed by atoms with Gasteiger partial charge < -0.3 is 19.9 Å². The minimum atomic E-state index is -0.473. The molecule has 0 radical (unpaired) electrons. The van der Waals surface area contributed by atoms with Crippen LogP contribution in [0.25, 0.3) is 21.5 Å². The van der Waals surface area contributed by atoms with Crippen molar-refractivity contribution in [3.8, 4) is 11.5 Å². The maximum absolute atomic E-state index is 10.3. The van der Waals surface area contributed by atoms with Crippen molar-refractivity contribution in [2.45, 2.75) is 31.8 Å². The summed E-state index contributed by atoms with van der Waals surface area (Å²) in [5, 5.41) is 18.6. The largest absolute Gasteiger partial charge is 0.497 e. The first-order valence-electron chi connectivity index (χ1n) is 13.8. The molecule has 0 aliphatic carbocycles. The summed E-state index contributed by atoms with van der Waals surface area (Å²) in [5.41, 5.74) is 3.64. The van der Waals surface area contributed by atoms with Crippen LogP contribution in [0.5, 0.6) is 11.5 Å². The number of nitrogens with one attached hydrogen (secondary N) is 1. The SMILES string of the molecule is CCNCCCC(O)COc1ccc(C(c2ccc(OC)cc2)c2cc3ccccc3c3ccccc23)cc1. The van der Waals surface area contributed by atoms with Crippen molar-refractivity contribution in [3.63, 3.8) is 0 Å². The van der Waals surface area contributed by atoms with Crippen LogP contribution in [0.1, 0.15) is 42.4 Å². The van der Waals surface area contributed by atoms with Gasteiger partial charge in [0.2, 0.25) is 0 Å². The lowest BCUT2D eigenvalue weighted by Gasteiger charge is -2.23. The normalized spacial score (nSPS) is 12.9. The van der Waals surface area contributed by atoms with Crippen molar-refractivity contribution in [2.24, 2.45) is 0 Å². The summed E-state index contributed by atoms with van der Waals surface area (Å²) in [6.07, 6.45) is 1.18. The van der Waals surface area contributed by atoms with E-state index in [1.807, 2.05) is 24.3 Å². The number of hydrogen-bond acceptors (Lipinski definition) is 4. The Balaban J connectivity index is 1.48. The van der Waals surface area contributed by atoms with Crippen LogP contribution < -0.4 is 14.8 Å². The number of fused-ring (bicyclic) bond motifs is 3. The van der Waals surface area contributed by atoms with Crippen LogP contribution in [-0.2, 0) is 0 Å². The maximum Gasteiger partial charge on any atom is 0.119 e. The minimum absolute atomic E-state index is 0.0242. The van der Waals surface area contributed by atoms with E-state index in [0.717, 1.165) is 37.4 Å². The summed E-state index contributed by atoms with van der Waals surface area (Å²) >= 11 is 0. The molecule has 0 spiro atoms. The van der Waals surface area contributed by atoms with E-state index in [1.54, 1.807) is 7.11 Å². The number of methoxy groups -OCH3 is 1. The molecule has 4 heteroatoms. The third-order valence-electron chi connectivity index (χ3n) is 7.36. The van der Waals surface area contributed by atoms with Crippen molar-refractivity contribution >= 4 is 21.5 Å². The van der Waals surface area contributed by atoms with Crippen LogP contribution in [0.3, 0.4) is 0 Å². The summed E-state index contributed by atoms with van der Waals surface area (Å²) in [5.74, 6) is 1.63. The molecule has 0 aliphatic heterocycles. The van der Waals surface area contributed by atoms with Gasteiger partial charge in [0.15, 0.2) is 0 Å². The van der Waals surface area contributed by atoms with Gasteiger partial charge in [0.1, 0.15) is 18.1 Å². The Morgan fingerprint density at radius 2 is 1.36 bits per heavy atom. The van der Waals surface area contributed by atoms with Crippen LogP contribution in [0.15, 0.2) is 103 Å². The first-order chi connectivity index (χ1) is 19.2. The van der Waals surface area contributed by atoms with Crippen molar-refractivity contribution in [3.05, 3.63) is 120 Å². The average Bonchev–Trinajstić information content (AvgIpc) is 2.99. The lowest BCUT2D eigenvalue weighted by Crippen LogP contribution is -2.21. The fourth-order valence-electron chi connectivity index (χ4n) is 5.34. The molecule has 0 bridgehead atoms. The van der Waals surface area contributed by atoms with Crippen molar-refractivity contribution < 1.29 is 14.6 Å². The average molecular weight is 520 g/mol. The van der Waals surface area contributed by atoms with Crippen molar-refractivity contribution in [2.75, 3.05) is 26.8 Å². The predicted molar refractivity (Wildman–Crippen MR) is 161 cm³/mol. The summed E-state index contributed by atoms with van der Waals surface area (Å²) in [6.45, 7) is 4.25. The molecule has 2 unspecified atom stereocenters. The van der Waals surface area contributed by atoms with Gasteiger partial charge >= 0.3 is 0 Å². The summed E-state index contributed by atoms with van der Waals surface area (Å²) < 4.78 is 11.4. The Bertz CT molecular complexity index is 1490. The first kappa shape index (κ1) is 26.7. The Morgan fingerprint density at radius 1 is 0.744 bits per heavy atom. The van der Waals surface area contributed by atoms with E-state index in [4.69, 9.17) is 9.47 Å². The molecule has 0 fully saturated rings. The van der Waals surface area contributed by atoms with E-state index >= 15 is 0 Å². The fraction of sp³-hybridized carbons (Fsp3) is 0.257. The molecule has 5 aromatic rings. The Labute approximate surface area is 231 Å². The standard InChI is InChI=1S/C35H37NO3/c1-3-36-22-8-10-28(37)24-39-30-20-16-26(17-21-30)35(25-14-18-29(38-2)19-15-25)34-23-27-9-4-5-11-31(27)32-12-6-7-13-33(32)34/h4-7,9,11-21,23,28,35-37H,3,8,10,22,24H2,1-2H3. The van der Waals surface area contributed by atoms with E-state index in [9.17, 15) is 5.11 Å². The van der Waals surface area contributed by atoms with E-state index < -0.39 is 6.10 Å². The summed E-state index contributed by atoms with van der Waals surface area (Å²) in [6, 6.07) is 36.3. The molecule has 2 atom stereocenters. The zero-order chi connectivity index (χ0) is 27.0. The van der Waals surface area contributed by atoms with Crippen molar-refractivity contribution in [1.29, 1.82) is 0 Å². The minimum Gasteiger partial charge on any atom is -0.497 e. The molecule has 4 nitrogen and oxygen atoms in total. The summed E-state index contributed by atoms with van der Waals surface area (Å²) in [7, 11) is 1.70. The third-order valence-corrected chi connectivity index (χ3v) is 7.36. The molecule has 2 N–H and O–H groups in total. The highest BCUT2D eigenvalue weighted by atomic mass is 16.5. The Hall–Kier alpha value is -3.86. The molecule has 200 valence electrons. The van der Waals surface area contributed by atoms with E-state index in [-0.39, 0.29) is 5.92 Å². The van der Waals surface area contributed by atoms with Gasteiger partial charge in [-0.1, -0.05) is 79.7 Å². The molecule has 0 heterocycles. The first-order valence-corrected chi connectivity index (χ1v) is 13.8. The summed E-state index contributed by atoms with van der Waals surface area (Å²) in [4.78, 5) is 0. The molecule has 5 aromatic carbocycles. The molecule has 0 aliphatic rings. The predicted octanol–water partition coefficient (Wildman–Crippen LogP) is 7.31. The number of rotatable bonds is 12. The molecule has 0 amide bonds. The molecule has 0 aromatic heterocycles. The van der Waals surface area contributed by atoms with E-state index in [1.165, 1.54) is 38.2 Å². The number of ether oxygens (including phenoxy) is 2. The highest BCUT2D eigenvalue weighted by Crippen LogP contribution is 2.40. The quantitative estimate of drug-likeness (QED) is 0.103.